The Bertz CT molecular complexity index is 2370. The maximum atomic E-state index is 13.9. The fourth-order valence-corrected chi connectivity index (χ4v) is 9.84. The summed E-state index contributed by atoms with van der Waals surface area (Å²) in [5.41, 5.74) is 5.88. The number of nitro groups is 1. The van der Waals surface area contributed by atoms with Crippen molar-refractivity contribution in [3.8, 4) is 11.5 Å². The Labute approximate surface area is 353 Å². The van der Waals surface area contributed by atoms with E-state index in [0.29, 0.717) is 29.8 Å². The summed E-state index contributed by atoms with van der Waals surface area (Å²) in [6.45, 7) is 18.3. The SMILES string of the molecule is C=C(CCC)C1=C(CN2CCN(c3ccc(C(=O)NS(=O)(=O)c4ccc(NCC5CCC(C)CC5)c([N+](=O)[O-])c4)c(Oc4cnc5[nH]ccc5c4)c3)CC2)CCC(C)(C)C1. The minimum atomic E-state index is -4.53. The van der Waals surface area contributed by atoms with Crippen LogP contribution in [-0.4, -0.2) is 73.4 Å². The van der Waals surface area contributed by atoms with Gasteiger partial charge < -0.3 is 19.9 Å². The van der Waals surface area contributed by atoms with Crippen LogP contribution in [-0.2, 0) is 10.0 Å². The van der Waals surface area contributed by atoms with Gasteiger partial charge in [-0.2, -0.15) is 0 Å². The molecule has 3 N–H and O–H groups in total. The number of aromatic nitrogens is 2. The van der Waals surface area contributed by atoms with Crippen LogP contribution in [0.2, 0.25) is 0 Å². The Morgan fingerprint density at radius 2 is 1.83 bits per heavy atom. The first-order valence-electron chi connectivity index (χ1n) is 21.4. The van der Waals surface area contributed by atoms with Crippen LogP contribution in [0.5, 0.6) is 11.5 Å². The van der Waals surface area contributed by atoms with Crippen LogP contribution in [0.1, 0.15) is 95.8 Å². The number of anilines is 2. The number of allylic oxidation sites excluding steroid dienone is 2. The van der Waals surface area contributed by atoms with Gasteiger partial charge in [0.1, 0.15) is 22.8 Å². The van der Waals surface area contributed by atoms with Crippen LogP contribution < -0.4 is 19.7 Å². The number of carbonyl (C=O) groups excluding carboxylic acids is 1. The number of nitrogens with zero attached hydrogens (tertiary/aromatic N) is 4. The summed E-state index contributed by atoms with van der Waals surface area (Å²) in [6.07, 6.45) is 13.1. The third kappa shape index (κ3) is 10.2. The number of benzene rings is 2. The number of sulfonamides is 1. The maximum absolute atomic E-state index is 13.9. The highest BCUT2D eigenvalue weighted by molar-refractivity contribution is 7.90. The van der Waals surface area contributed by atoms with Crippen LogP contribution >= 0.6 is 0 Å². The van der Waals surface area contributed by atoms with Gasteiger partial charge in [0.15, 0.2) is 0 Å². The zero-order chi connectivity index (χ0) is 42.6. The van der Waals surface area contributed by atoms with Gasteiger partial charge in [-0.25, -0.2) is 18.1 Å². The number of hydrogen-bond acceptors (Lipinski definition) is 10. The summed E-state index contributed by atoms with van der Waals surface area (Å²) in [6, 6.07) is 12.4. The molecule has 2 aromatic carbocycles. The Balaban J connectivity index is 1.09. The molecule has 2 aliphatic carbocycles. The minimum absolute atomic E-state index is 0.0169. The largest absolute Gasteiger partial charge is 0.455 e. The first kappa shape index (κ1) is 42.9. The van der Waals surface area contributed by atoms with Crippen molar-refractivity contribution in [2.24, 2.45) is 17.3 Å². The molecule has 2 fully saturated rings. The molecule has 0 unspecified atom stereocenters. The monoisotopic (exact) mass is 837 g/mol. The Kier molecular flexibility index (Phi) is 13.0. The van der Waals surface area contributed by atoms with E-state index in [1.807, 2.05) is 6.07 Å². The number of rotatable bonds is 15. The van der Waals surface area contributed by atoms with E-state index in [0.717, 1.165) is 101 Å². The van der Waals surface area contributed by atoms with Crippen LogP contribution in [0.4, 0.5) is 17.1 Å². The molecule has 1 amide bonds. The molecule has 14 heteroatoms. The summed E-state index contributed by atoms with van der Waals surface area (Å²) in [5, 5.41) is 16.1. The van der Waals surface area contributed by atoms with Crippen molar-refractivity contribution < 1.29 is 22.9 Å². The molecule has 3 aliphatic rings. The smallest absolute Gasteiger partial charge is 0.293 e. The van der Waals surface area contributed by atoms with Crippen LogP contribution in [0.3, 0.4) is 0 Å². The highest BCUT2D eigenvalue weighted by Crippen LogP contribution is 2.42. The van der Waals surface area contributed by atoms with Crippen molar-refractivity contribution in [2.45, 2.75) is 90.4 Å². The van der Waals surface area contributed by atoms with Crippen LogP contribution in [0.15, 0.2) is 89.1 Å². The summed E-state index contributed by atoms with van der Waals surface area (Å²) in [7, 11) is -4.53. The van der Waals surface area contributed by atoms with E-state index in [4.69, 9.17) is 4.74 Å². The Hall–Kier alpha value is -5.21. The van der Waals surface area contributed by atoms with Crippen molar-refractivity contribution in [3.63, 3.8) is 0 Å². The number of aromatic amines is 1. The second-order valence-electron chi connectivity index (χ2n) is 17.8. The predicted molar refractivity (Wildman–Crippen MR) is 237 cm³/mol. The number of hydrogen-bond donors (Lipinski definition) is 3. The summed E-state index contributed by atoms with van der Waals surface area (Å²) in [4.78, 5) is 37.3. The van der Waals surface area contributed by atoms with Crippen LogP contribution in [0.25, 0.3) is 11.0 Å². The lowest BCUT2D eigenvalue weighted by Crippen LogP contribution is -2.47. The molecule has 0 radical (unpaired) electrons. The second kappa shape index (κ2) is 18.2. The van der Waals surface area contributed by atoms with E-state index in [9.17, 15) is 23.3 Å². The lowest BCUT2D eigenvalue weighted by atomic mass is 9.72. The van der Waals surface area contributed by atoms with Gasteiger partial charge in [0, 0.05) is 68.7 Å². The number of carbonyl (C=O) groups is 1. The average molecular weight is 838 g/mol. The normalized spacial score (nSPS) is 19.9. The van der Waals surface area contributed by atoms with Crippen molar-refractivity contribution >= 4 is 44.0 Å². The van der Waals surface area contributed by atoms with E-state index in [2.05, 4.69) is 64.1 Å². The van der Waals surface area contributed by atoms with Crippen molar-refractivity contribution in [1.82, 2.24) is 19.6 Å². The molecule has 60 heavy (non-hydrogen) atoms. The summed E-state index contributed by atoms with van der Waals surface area (Å²) >= 11 is 0. The molecule has 0 spiro atoms. The van der Waals surface area contributed by atoms with Crippen molar-refractivity contribution in [3.05, 3.63) is 99.9 Å². The number of nitro benzene ring substituents is 1. The van der Waals surface area contributed by atoms with Crippen molar-refractivity contribution in [1.29, 1.82) is 0 Å². The van der Waals surface area contributed by atoms with Gasteiger partial charge in [0.25, 0.3) is 21.6 Å². The number of fused-ring (bicyclic) bond motifs is 1. The van der Waals surface area contributed by atoms with E-state index >= 15 is 0 Å². The van der Waals surface area contributed by atoms with E-state index in [1.165, 1.54) is 41.5 Å². The molecule has 13 nitrogen and oxygen atoms in total. The predicted octanol–water partition coefficient (Wildman–Crippen LogP) is 9.61. The van der Waals surface area contributed by atoms with Crippen LogP contribution in [0, 0.1) is 27.4 Å². The highest BCUT2D eigenvalue weighted by atomic mass is 32.2. The molecule has 2 aromatic heterocycles. The van der Waals surface area contributed by atoms with E-state index in [-0.39, 0.29) is 28.1 Å². The maximum Gasteiger partial charge on any atom is 0.293 e. The number of piperazine rings is 1. The topological polar surface area (TPSA) is 163 Å². The number of ether oxygens (including phenoxy) is 1. The fraction of sp³-hybridized carbons (Fsp3) is 0.478. The average Bonchev–Trinajstić information content (AvgIpc) is 3.69. The zero-order valence-corrected chi connectivity index (χ0v) is 36.2. The quantitative estimate of drug-likeness (QED) is 0.0776. The Morgan fingerprint density at radius 3 is 2.57 bits per heavy atom. The van der Waals surface area contributed by atoms with Gasteiger partial charge in [-0.1, -0.05) is 64.7 Å². The third-order valence-corrected chi connectivity index (χ3v) is 13.9. The second-order valence-corrected chi connectivity index (χ2v) is 19.5. The molecule has 1 saturated carbocycles. The van der Waals surface area contributed by atoms with Gasteiger partial charge in [0.05, 0.1) is 21.6 Å². The molecule has 3 heterocycles. The van der Waals surface area contributed by atoms with Gasteiger partial charge in [-0.3, -0.25) is 19.8 Å². The first-order chi connectivity index (χ1) is 28.7. The first-order valence-corrected chi connectivity index (χ1v) is 22.9. The van der Waals surface area contributed by atoms with Crippen molar-refractivity contribution in [2.75, 3.05) is 49.5 Å². The van der Waals surface area contributed by atoms with Gasteiger partial charge in [-0.15, -0.1) is 0 Å². The minimum Gasteiger partial charge on any atom is -0.455 e. The molecular weight excluding hydrogens is 779 g/mol. The molecule has 1 aliphatic heterocycles. The number of H-pyrrole nitrogens is 1. The lowest BCUT2D eigenvalue weighted by molar-refractivity contribution is -0.384. The number of nitrogens with one attached hydrogen (secondary N) is 3. The number of pyridine rings is 1. The molecule has 320 valence electrons. The van der Waals surface area contributed by atoms with Gasteiger partial charge in [0.2, 0.25) is 0 Å². The summed E-state index contributed by atoms with van der Waals surface area (Å²) in [5.74, 6) is 0.649. The molecule has 1 saturated heterocycles. The van der Waals surface area contributed by atoms with Gasteiger partial charge in [-0.05, 0) is 97.7 Å². The summed E-state index contributed by atoms with van der Waals surface area (Å²) < 4.78 is 35.8. The zero-order valence-electron chi connectivity index (χ0n) is 35.4. The standard InChI is InChI=1S/C46H59N7O6S/c1-6-7-32(3)40-27-46(4,5)18-16-35(40)30-51-20-22-52(23-21-51)36-12-14-39(43(25-36)59-37-24-34-17-19-47-44(34)49-29-37)45(54)50-60(57,58)38-13-15-41(42(26-38)53(55)56)48-28-33-10-8-31(2)9-11-33/h12-15,17,19,24-26,29,31,33,48H,3,6-11,16,18,20-23,27-28,30H2,1-2,4-5H3,(H,47,49)(H,50,54). The Morgan fingerprint density at radius 1 is 1.07 bits per heavy atom. The molecular formula is C46H59N7O6S. The molecule has 4 aromatic rings. The molecule has 0 bridgehead atoms. The van der Waals surface area contributed by atoms with Gasteiger partial charge >= 0.3 is 0 Å². The highest BCUT2D eigenvalue weighted by Gasteiger charge is 2.31. The van der Waals surface area contributed by atoms with E-state index < -0.39 is 25.7 Å². The third-order valence-electron chi connectivity index (χ3n) is 12.5. The van der Waals surface area contributed by atoms with E-state index in [1.54, 1.807) is 30.5 Å². The molecule has 7 rings (SSSR count). The fourth-order valence-electron chi connectivity index (χ4n) is 8.85. The lowest BCUT2D eigenvalue weighted by Gasteiger charge is -2.39. The number of amides is 1. The molecule has 0 atom stereocenters.